The monoisotopic (exact) mass is 209 g/mol. The molecule has 0 bridgehead atoms. The van der Waals surface area contributed by atoms with Gasteiger partial charge in [-0.3, -0.25) is 9.89 Å². The number of hydrogen-bond acceptors (Lipinski definition) is 4. The van der Waals surface area contributed by atoms with Gasteiger partial charge >= 0.3 is 0 Å². The average Bonchev–Trinajstić information content (AvgIpc) is 2.80. The van der Waals surface area contributed by atoms with Gasteiger partial charge in [0.1, 0.15) is 19.5 Å². The van der Waals surface area contributed by atoms with Crippen LogP contribution < -0.4 is 5.32 Å². The quantitative estimate of drug-likeness (QED) is 0.729. The number of carbonyl (C=O) groups is 1. The molecule has 1 aliphatic rings. The minimum absolute atomic E-state index is 0.213. The van der Waals surface area contributed by atoms with Crippen molar-refractivity contribution < 1.29 is 14.3 Å². The summed E-state index contributed by atoms with van der Waals surface area (Å²) in [4.78, 5) is 11.5. The van der Waals surface area contributed by atoms with Crippen LogP contribution >= 0.6 is 0 Å². The number of amides is 1. The summed E-state index contributed by atoms with van der Waals surface area (Å²) in [5.74, 6) is -0.0688. The molecule has 2 heterocycles. The molecule has 2 N–H and O–H groups in total. The topological polar surface area (TPSA) is 76.2 Å². The van der Waals surface area contributed by atoms with Gasteiger partial charge in [-0.25, -0.2) is 0 Å². The second kappa shape index (κ2) is 4.50. The number of H-pyrrole nitrogens is 1. The molecule has 0 saturated heterocycles. The van der Waals surface area contributed by atoms with Crippen molar-refractivity contribution in [2.45, 2.75) is 6.54 Å². The van der Waals surface area contributed by atoms with Crippen LogP contribution in [0.15, 0.2) is 24.4 Å². The Bertz CT molecular complexity index is 359. The molecule has 0 fully saturated rings. The fourth-order valence-corrected chi connectivity index (χ4v) is 1.13. The van der Waals surface area contributed by atoms with Gasteiger partial charge in [0.15, 0.2) is 0 Å². The summed E-state index contributed by atoms with van der Waals surface area (Å²) in [5.41, 5.74) is 0.903. The van der Waals surface area contributed by atoms with Crippen molar-refractivity contribution in [1.29, 1.82) is 0 Å². The van der Waals surface area contributed by atoms with E-state index in [-0.39, 0.29) is 11.7 Å². The van der Waals surface area contributed by atoms with Gasteiger partial charge in [-0.15, -0.1) is 0 Å². The predicted octanol–water partition coefficient (Wildman–Crippen LogP) is -0.0859. The SMILES string of the molecule is O=C(NCc1cn[nH]c1)C1=COCCO1. The standard InChI is InChI=1S/C9H11N3O3/c13-9(8-6-14-1-2-15-8)10-3-7-4-11-12-5-7/h4-6H,1-3H2,(H,10,13)(H,11,12). The molecule has 6 heteroatoms. The first-order valence-corrected chi connectivity index (χ1v) is 4.56. The maximum absolute atomic E-state index is 11.5. The predicted molar refractivity (Wildman–Crippen MR) is 50.4 cm³/mol. The zero-order valence-electron chi connectivity index (χ0n) is 8.03. The summed E-state index contributed by atoms with van der Waals surface area (Å²) >= 11 is 0. The smallest absolute Gasteiger partial charge is 0.289 e. The van der Waals surface area contributed by atoms with Gasteiger partial charge in [0, 0.05) is 18.3 Å². The first kappa shape index (κ1) is 9.57. The van der Waals surface area contributed by atoms with E-state index in [1.54, 1.807) is 12.4 Å². The van der Waals surface area contributed by atoms with Crippen molar-refractivity contribution >= 4 is 5.91 Å². The second-order valence-corrected chi connectivity index (χ2v) is 2.99. The molecule has 1 aromatic heterocycles. The Kier molecular flexibility index (Phi) is 2.87. The van der Waals surface area contributed by atoms with Gasteiger partial charge in [-0.05, 0) is 0 Å². The van der Waals surface area contributed by atoms with Crippen LogP contribution in [0.2, 0.25) is 0 Å². The Morgan fingerprint density at radius 3 is 3.20 bits per heavy atom. The maximum atomic E-state index is 11.5. The van der Waals surface area contributed by atoms with Crippen LogP contribution in [0.4, 0.5) is 0 Å². The van der Waals surface area contributed by atoms with E-state index in [0.29, 0.717) is 19.8 Å². The molecule has 1 aromatic rings. The van der Waals surface area contributed by atoms with Gasteiger partial charge in [0.05, 0.1) is 6.20 Å². The summed E-state index contributed by atoms with van der Waals surface area (Å²) in [6.07, 6.45) is 4.69. The lowest BCUT2D eigenvalue weighted by Crippen LogP contribution is -2.27. The van der Waals surface area contributed by atoms with E-state index in [1.165, 1.54) is 6.26 Å². The maximum Gasteiger partial charge on any atom is 0.289 e. The highest BCUT2D eigenvalue weighted by Gasteiger charge is 2.14. The molecule has 0 aromatic carbocycles. The van der Waals surface area contributed by atoms with E-state index in [9.17, 15) is 4.79 Å². The van der Waals surface area contributed by atoms with E-state index >= 15 is 0 Å². The zero-order chi connectivity index (χ0) is 10.5. The number of aromatic nitrogens is 2. The number of aromatic amines is 1. The van der Waals surface area contributed by atoms with E-state index in [1.807, 2.05) is 0 Å². The largest absolute Gasteiger partial charge is 0.494 e. The van der Waals surface area contributed by atoms with Crippen LogP contribution in [0.5, 0.6) is 0 Å². The summed E-state index contributed by atoms with van der Waals surface area (Å²) in [7, 11) is 0. The van der Waals surface area contributed by atoms with Gasteiger partial charge in [-0.1, -0.05) is 0 Å². The highest BCUT2D eigenvalue weighted by molar-refractivity contribution is 5.91. The molecule has 0 aliphatic carbocycles. The Hall–Kier alpha value is -1.98. The molecule has 1 amide bonds. The molecule has 2 rings (SSSR count). The van der Waals surface area contributed by atoms with Gasteiger partial charge in [0.2, 0.25) is 5.76 Å². The minimum atomic E-state index is -0.282. The molecular weight excluding hydrogens is 198 g/mol. The number of nitrogens with one attached hydrogen (secondary N) is 2. The Morgan fingerprint density at radius 1 is 1.60 bits per heavy atom. The number of nitrogens with zero attached hydrogens (tertiary/aromatic N) is 1. The molecule has 15 heavy (non-hydrogen) atoms. The van der Waals surface area contributed by atoms with Crippen molar-refractivity contribution in [1.82, 2.24) is 15.5 Å². The minimum Gasteiger partial charge on any atom is -0.494 e. The van der Waals surface area contributed by atoms with Crippen molar-refractivity contribution in [3.8, 4) is 0 Å². The van der Waals surface area contributed by atoms with Crippen molar-refractivity contribution in [2.75, 3.05) is 13.2 Å². The highest BCUT2D eigenvalue weighted by atomic mass is 16.6. The third-order valence-electron chi connectivity index (χ3n) is 1.88. The number of carbonyl (C=O) groups excluding carboxylic acids is 1. The second-order valence-electron chi connectivity index (χ2n) is 2.99. The first-order valence-electron chi connectivity index (χ1n) is 4.56. The summed E-state index contributed by atoms with van der Waals surface area (Å²) in [6, 6.07) is 0. The molecule has 1 aliphatic heterocycles. The molecule has 0 radical (unpaired) electrons. The number of ether oxygens (including phenoxy) is 2. The Balaban J connectivity index is 1.84. The molecule has 6 nitrogen and oxygen atoms in total. The van der Waals surface area contributed by atoms with Crippen LogP contribution in [-0.4, -0.2) is 29.3 Å². The van der Waals surface area contributed by atoms with Crippen LogP contribution in [0.1, 0.15) is 5.56 Å². The van der Waals surface area contributed by atoms with E-state index < -0.39 is 0 Å². The van der Waals surface area contributed by atoms with Gasteiger partial charge in [-0.2, -0.15) is 5.10 Å². The van der Waals surface area contributed by atoms with Crippen molar-refractivity contribution in [2.24, 2.45) is 0 Å². The molecule has 0 atom stereocenters. The van der Waals surface area contributed by atoms with Crippen molar-refractivity contribution in [3.63, 3.8) is 0 Å². The highest BCUT2D eigenvalue weighted by Crippen LogP contribution is 2.04. The summed E-state index contributed by atoms with van der Waals surface area (Å²) < 4.78 is 10.1. The lowest BCUT2D eigenvalue weighted by atomic mass is 10.3. The summed E-state index contributed by atoms with van der Waals surface area (Å²) in [6.45, 7) is 1.31. The van der Waals surface area contributed by atoms with E-state index in [4.69, 9.17) is 9.47 Å². The summed E-state index contributed by atoms with van der Waals surface area (Å²) in [5, 5.41) is 9.11. The van der Waals surface area contributed by atoms with Crippen LogP contribution in [0.25, 0.3) is 0 Å². The number of hydrogen-bond donors (Lipinski definition) is 2. The van der Waals surface area contributed by atoms with Gasteiger partial charge in [0.25, 0.3) is 5.91 Å². The third-order valence-corrected chi connectivity index (χ3v) is 1.88. The Labute approximate surface area is 86.3 Å². The van der Waals surface area contributed by atoms with Crippen molar-refractivity contribution in [3.05, 3.63) is 30.0 Å². The fourth-order valence-electron chi connectivity index (χ4n) is 1.13. The lowest BCUT2D eigenvalue weighted by molar-refractivity contribution is -0.122. The average molecular weight is 209 g/mol. The molecule has 0 unspecified atom stereocenters. The molecule has 80 valence electrons. The van der Waals surface area contributed by atoms with Gasteiger partial charge < -0.3 is 14.8 Å². The zero-order valence-corrected chi connectivity index (χ0v) is 8.03. The first-order chi connectivity index (χ1) is 7.36. The van der Waals surface area contributed by atoms with Crippen LogP contribution in [0, 0.1) is 0 Å². The molecule has 0 spiro atoms. The number of rotatable bonds is 3. The van der Waals surface area contributed by atoms with Crippen LogP contribution in [0.3, 0.4) is 0 Å². The lowest BCUT2D eigenvalue weighted by Gasteiger charge is -2.14. The molecular formula is C9H11N3O3. The fraction of sp³-hybridized carbons (Fsp3) is 0.333. The normalized spacial score (nSPS) is 14.8. The Morgan fingerprint density at radius 2 is 2.53 bits per heavy atom. The van der Waals surface area contributed by atoms with Crippen LogP contribution in [-0.2, 0) is 20.8 Å². The third kappa shape index (κ3) is 2.49. The van der Waals surface area contributed by atoms with E-state index in [0.717, 1.165) is 5.56 Å². The van der Waals surface area contributed by atoms with E-state index in [2.05, 4.69) is 15.5 Å². The molecule has 0 saturated carbocycles.